The number of amides is 2. The number of nitrogens with zero attached hydrogens (tertiary/aromatic N) is 2. The third-order valence-electron chi connectivity index (χ3n) is 5.58. The Bertz CT molecular complexity index is 1300. The number of nitrogens with one attached hydrogen (secondary N) is 1. The molecule has 0 aliphatic rings. The second-order valence-electron chi connectivity index (χ2n) is 8.76. The first-order valence-corrected chi connectivity index (χ1v) is 13.5. The molecule has 1 atom stereocenters. The second-order valence-corrected chi connectivity index (χ2v) is 11.1. The topological polar surface area (TPSA) is 86.8 Å². The number of hydrogen-bond acceptors (Lipinski definition) is 4. The molecule has 0 spiro atoms. The predicted molar refractivity (Wildman–Crippen MR) is 141 cm³/mol. The highest BCUT2D eigenvalue weighted by molar-refractivity contribution is 7.92. The fraction of sp³-hybridized carbons (Fsp3) is 0.308. The monoisotopic (exact) mass is 515 g/mol. The van der Waals surface area contributed by atoms with Crippen LogP contribution in [0.2, 0.25) is 5.02 Å². The number of hydrogen-bond donors (Lipinski definition) is 1. The molecule has 0 aliphatic heterocycles. The molecule has 1 N–H and O–H groups in total. The van der Waals surface area contributed by atoms with Gasteiger partial charge in [-0.05, 0) is 49.9 Å². The van der Waals surface area contributed by atoms with Gasteiger partial charge in [0.15, 0.2) is 0 Å². The van der Waals surface area contributed by atoms with Gasteiger partial charge in [-0.15, -0.1) is 0 Å². The Labute approximate surface area is 211 Å². The lowest BCUT2D eigenvalue weighted by molar-refractivity contribution is -0.139. The summed E-state index contributed by atoms with van der Waals surface area (Å²) in [5.74, 6) is -0.817. The summed E-state index contributed by atoms with van der Waals surface area (Å²) in [6, 6.07) is 18.7. The van der Waals surface area contributed by atoms with Crippen LogP contribution in [0.3, 0.4) is 0 Å². The molecule has 2 amide bonds. The van der Waals surface area contributed by atoms with Crippen LogP contribution in [0.4, 0.5) is 5.69 Å². The van der Waals surface area contributed by atoms with Crippen molar-refractivity contribution in [3.05, 3.63) is 77.3 Å². The average Bonchev–Trinajstić information content (AvgIpc) is 2.80. The molecular formula is C26H30ClN3O4S. The standard InChI is InChI=1S/C26H30ClN3O4S/c1-18(2)28-26(32)19(3)29(16-20-12-14-22(27)15-13-20)25(31)17-30(35(4,33)34)24-11-7-9-21-8-5-6-10-23(21)24/h5-15,18-19H,16-17H2,1-4H3,(H,28,32)/t19-/m1/s1. The van der Waals surface area contributed by atoms with Crippen molar-refractivity contribution >= 4 is 49.9 Å². The first-order chi connectivity index (χ1) is 16.5. The minimum absolute atomic E-state index is 0.111. The van der Waals surface area contributed by atoms with Gasteiger partial charge in [-0.25, -0.2) is 8.42 Å². The lowest BCUT2D eigenvalue weighted by Gasteiger charge is -2.32. The van der Waals surface area contributed by atoms with E-state index in [2.05, 4.69) is 5.32 Å². The first kappa shape index (κ1) is 26.5. The Hall–Kier alpha value is -3.10. The fourth-order valence-electron chi connectivity index (χ4n) is 3.79. The van der Waals surface area contributed by atoms with E-state index in [0.717, 1.165) is 21.5 Å². The van der Waals surface area contributed by atoms with E-state index in [1.54, 1.807) is 43.3 Å². The Balaban J connectivity index is 1.99. The highest BCUT2D eigenvalue weighted by Gasteiger charge is 2.30. The zero-order valence-electron chi connectivity index (χ0n) is 20.2. The number of carbonyl (C=O) groups is 2. The highest BCUT2D eigenvalue weighted by atomic mass is 35.5. The maximum absolute atomic E-state index is 13.6. The molecule has 186 valence electrons. The summed E-state index contributed by atoms with van der Waals surface area (Å²) in [4.78, 5) is 27.8. The number of anilines is 1. The van der Waals surface area contributed by atoms with Gasteiger partial charge in [0, 0.05) is 23.0 Å². The van der Waals surface area contributed by atoms with Crippen LogP contribution in [0.25, 0.3) is 10.8 Å². The molecule has 0 saturated heterocycles. The van der Waals surface area contributed by atoms with Gasteiger partial charge in [0.25, 0.3) is 0 Å². The smallest absolute Gasteiger partial charge is 0.244 e. The molecule has 0 aromatic heterocycles. The van der Waals surface area contributed by atoms with Crippen molar-refractivity contribution < 1.29 is 18.0 Å². The molecule has 0 bridgehead atoms. The minimum atomic E-state index is -3.81. The molecule has 0 aliphatic carbocycles. The Morgan fingerprint density at radius 2 is 1.57 bits per heavy atom. The molecule has 35 heavy (non-hydrogen) atoms. The summed E-state index contributed by atoms with van der Waals surface area (Å²) in [6.45, 7) is 4.98. The molecule has 9 heteroatoms. The summed E-state index contributed by atoms with van der Waals surface area (Å²) in [6.07, 6.45) is 1.07. The van der Waals surface area contributed by atoms with Crippen LogP contribution in [-0.4, -0.2) is 50.0 Å². The average molecular weight is 516 g/mol. The van der Waals surface area contributed by atoms with Gasteiger partial charge in [0.2, 0.25) is 21.8 Å². The van der Waals surface area contributed by atoms with Crippen LogP contribution in [0.1, 0.15) is 26.3 Å². The summed E-state index contributed by atoms with van der Waals surface area (Å²) >= 11 is 6.00. The van der Waals surface area contributed by atoms with E-state index < -0.39 is 28.5 Å². The van der Waals surface area contributed by atoms with Crippen LogP contribution in [0.15, 0.2) is 66.7 Å². The number of rotatable bonds is 9. The van der Waals surface area contributed by atoms with E-state index >= 15 is 0 Å². The molecule has 0 saturated carbocycles. The summed E-state index contributed by atoms with van der Waals surface area (Å²) in [7, 11) is -3.81. The minimum Gasteiger partial charge on any atom is -0.352 e. The van der Waals surface area contributed by atoms with Crippen molar-refractivity contribution in [2.24, 2.45) is 0 Å². The van der Waals surface area contributed by atoms with Gasteiger partial charge in [0.1, 0.15) is 12.6 Å². The summed E-state index contributed by atoms with van der Waals surface area (Å²) in [5, 5.41) is 4.95. The van der Waals surface area contributed by atoms with E-state index in [-0.39, 0.29) is 18.5 Å². The number of fused-ring (bicyclic) bond motifs is 1. The molecule has 0 unspecified atom stereocenters. The van der Waals surface area contributed by atoms with Crippen LogP contribution in [-0.2, 0) is 26.2 Å². The molecule has 3 rings (SSSR count). The lowest BCUT2D eigenvalue weighted by atomic mass is 10.1. The normalized spacial score (nSPS) is 12.4. The molecule has 3 aromatic rings. The van der Waals surface area contributed by atoms with Gasteiger partial charge in [-0.3, -0.25) is 13.9 Å². The molecule has 7 nitrogen and oxygen atoms in total. The maximum atomic E-state index is 13.6. The molecule has 3 aromatic carbocycles. The van der Waals surface area contributed by atoms with E-state index in [0.29, 0.717) is 16.1 Å². The predicted octanol–water partition coefficient (Wildman–Crippen LogP) is 4.20. The molecule has 0 fully saturated rings. The van der Waals surface area contributed by atoms with Gasteiger partial charge in [-0.2, -0.15) is 0 Å². The number of halogens is 1. The zero-order valence-corrected chi connectivity index (χ0v) is 21.8. The maximum Gasteiger partial charge on any atom is 0.244 e. The molecule has 0 heterocycles. The van der Waals surface area contributed by atoms with E-state index in [9.17, 15) is 18.0 Å². The second kappa shape index (κ2) is 11.1. The first-order valence-electron chi connectivity index (χ1n) is 11.3. The van der Waals surface area contributed by atoms with Crippen molar-refractivity contribution in [1.82, 2.24) is 10.2 Å². The third kappa shape index (κ3) is 6.74. The van der Waals surface area contributed by atoms with Crippen molar-refractivity contribution in [3.63, 3.8) is 0 Å². The van der Waals surface area contributed by atoms with Crippen LogP contribution >= 0.6 is 11.6 Å². The van der Waals surface area contributed by atoms with E-state index in [1.165, 1.54) is 4.90 Å². The summed E-state index contributed by atoms with van der Waals surface area (Å²) < 4.78 is 26.8. The summed E-state index contributed by atoms with van der Waals surface area (Å²) in [5.41, 5.74) is 1.17. The fourth-order valence-corrected chi connectivity index (χ4v) is 4.78. The van der Waals surface area contributed by atoms with Gasteiger partial charge < -0.3 is 10.2 Å². The van der Waals surface area contributed by atoms with Crippen molar-refractivity contribution in [2.45, 2.75) is 39.4 Å². The highest BCUT2D eigenvalue weighted by Crippen LogP contribution is 2.28. The van der Waals surface area contributed by atoms with Gasteiger partial charge in [-0.1, -0.05) is 60.1 Å². The van der Waals surface area contributed by atoms with E-state index in [4.69, 9.17) is 11.6 Å². The lowest BCUT2D eigenvalue weighted by Crippen LogP contribution is -2.52. The Morgan fingerprint density at radius 3 is 2.20 bits per heavy atom. The Morgan fingerprint density at radius 1 is 0.943 bits per heavy atom. The van der Waals surface area contributed by atoms with E-state index in [1.807, 2.05) is 44.2 Å². The SMILES string of the molecule is CC(C)NC(=O)[C@@H](C)N(Cc1ccc(Cl)cc1)C(=O)CN(c1cccc2ccccc12)S(C)(=O)=O. The number of benzene rings is 3. The largest absolute Gasteiger partial charge is 0.352 e. The molecule has 0 radical (unpaired) electrons. The molecular weight excluding hydrogens is 486 g/mol. The van der Waals surface area contributed by atoms with Crippen molar-refractivity contribution in [2.75, 3.05) is 17.1 Å². The quantitative estimate of drug-likeness (QED) is 0.462. The van der Waals surface area contributed by atoms with Crippen molar-refractivity contribution in [3.8, 4) is 0 Å². The van der Waals surface area contributed by atoms with Gasteiger partial charge >= 0.3 is 0 Å². The third-order valence-corrected chi connectivity index (χ3v) is 6.96. The zero-order chi connectivity index (χ0) is 25.8. The van der Waals surface area contributed by atoms with Crippen LogP contribution in [0, 0.1) is 0 Å². The van der Waals surface area contributed by atoms with Crippen LogP contribution < -0.4 is 9.62 Å². The number of sulfonamides is 1. The Kier molecular flexibility index (Phi) is 8.40. The van der Waals surface area contributed by atoms with Crippen molar-refractivity contribution in [1.29, 1.82) is 0 Å². The number of carbonyl (C=O) groups excluding carboxylic acids is 2. The van der Waals surface area contributed by atoms with Gasteiger partial charge in [0.05, 0.1) is 11.9 Å². The van der Waals surface area contributed by atoms with Crippen LogP contribution in [0.5, 0.6) is 0 Å².